The summed E-state index contributed by atoms with van der Waals surface area (Å²) in [5, 5.41) is 0. The molecule has 6 nitrogen and oxygen atoms in total. The van der Waals surface area contributed by atoms with Crippen molar-refractivity contribution in [1.29, 1.82) is 0 Å². The molecule has 2 aliphatic rings. The summed E-state index contributed by atoms with van der Waals surface area (Å²) in [6, 6.07) is -0.253. The minimum Gasteiger partial charge on any atom is -0.378 e. The summed E-state index contributed by atoms with van der Waals surface area (Å²) < 4.78 is 28.1. The lowest BCUT2D eigenvalue weighted by molar-refractivity contribution is -0.125. The molecule has 1 atom stereocenters. The molecular formula is C11H18N2O4S2. The highest BCUT2D eigenvalue weighted by Gasteiger charge is 2.34. The highest BCUT2D eigenvalue weighted by Crippen LogP contribution is 2.17. The molecule has 1 unspecified atom stereocenters. The first kappa shape index (κ1) is 14.7. The molecule has 0 radical (unpaired) electrons. The molecule has 0 aromatic heterocycles. The van der Waals surface area contributed by atoms with Crippen LogP contribution in [0.5, 0.6) is 0 Å². The highest BCUT2D eigenvalue weighted by atomic mass is 32.2. The molecule has 0 aromatic carbocycles. The molecule has 2 aliphatic heterocycles. The topological polar surface area (TPSA) is 66.9 Å². The van der Waals surface area contributed by atoms with Gasteiger partial charge in [0.15, 0.2) is 14.8 Å². The molecule has 0 bridgehead atoms. The van der Waals surface area contributed by atoms with Crippen LogP contribution in [0.2, 0.25) is 0 Å². The fourth-order valence-electron chi connectivity index (χ4n) is 2.30. The lowest BCUT2D eigenvalue weighted by Gasteiger charge is -2.31. The van der Waals surface area contributed by atoms with Crippen LogP contribution in [0.25, 0.3) is 0 Å². The van der Waals surface area contributed by atoms with Crippen molar-refractivity contribution < 1.29 is 17.9 Å². The quantitative estimate of drug-likeness (QED) is 0.596. The monoisotopic (exact) mass is 306 g/mol. The van der Waals surface area contributed by atoms with Crippen molar-refractivity contribution in [3.63, 3.8) is 0 Å². The number of likely N-dealkylation sites (N-methyl/N-ethyl adjacent to an activating group) is 1. The predicted molar refractivity (Wildman–Crippen MR) is 74.8 cm³/mol. The molecule has 0 aromatic rings. The number of hydrogen-bond donors (Lipinski definition) is 0. The van der Waals surface area contributed by atoms with E-state index in [0.717, 1.165) is 0 Å². The predicted octanol–water partition coefficient (Wildman–Crippen LogP) is -0.708. The van der Waals surface area contributed by atoms with E-state index in [-0.39, 0.29) is 28.4 Å². The van der Waals surface area contributed by atoms with Crippen LogP contribution in [0.1, 0.15) is 6.42 Å². The summed E-state index contributed by atoms with van der Waals surface area (Å²) in [5.74, 6) is -0.0698. The van der Waals surface area contributed by atoms with Gasteiger partial charge in [-0.1, -0.05) is 12.2 Å². The van der Waals surface area contributed by atoms with Crippen molar-refractivity contribution in [2.24, 2.45) is 0 Å². The second kappa shape index (κ2) is 5.72. The summed E-state index contributed by atoms with van der Waals surface area (Å²) in [6.45, 7) is 2.35. The fourth-order valence-corrected chi connectivity index (χ4v) is 4.40. The van der Waals surface area contributed by atoms with Crippen molar-refractivity contribution in [1.82, 2.24) is 9.80 Å². The van der Waals surface area contributed by atoms with Crippen molar-refractivity contribution in [3.05, 3.63) is 0 Å². The van der Waals surface area contributed by atoms with E-state index in [0.29, 0.717) is 32.7 Å². The number of carbonyl (C=O) groups is 1. The molecule has 0 aliphatic carbocycles. The number of carbonyl (C=O) groups excluding carboxylic acids is 1. The van der Waals surface area contributed by atoms with Crippen LogP contribution in [0.15, 0.2) is 0 Å². The minimum atomic E-state index is -3.00. The van der Waals surface area contributed by atoms with Gasteiger partial charge in [-0.2, -0.15) is 0 Å². The normalized spacial score (nSPS) is 26.2. The second-order valence-electron chi connectivity index (χ2n) is 4.88. The molecule has 1 amide bonds. The van der Waals surface area contributed by atoms with Gasteiger partial charge in [0.2, 0.25) is 0 Å². The number of rotatable bonds is 1. The van der Waals surface area contributed by atoms with Crippen molar-refractivity contribution in [2.75, 3.05) is 44.9 Å². The van der Waals surface area contributed by atoms with Gasteiger partial charge < -0.3 is 14.5 Å². The van der Waals surface area contributed by atoms with Crippen molar-refractivity contribution >= 4 is 33.0 Å². The Morgan fingerprint density at radius 3 is 2.53 bits per heavy atom. The van der Waals surface area contributed by atoms with Crippen LogP contribution in [-0.2, 0) is 19.4 Å². The maximum absolute atomic E-state index is 12.2. The maximum atomic E-state index is 12.2. The molecule has 0 N–H and O–H groups in total. The Balaban J connectivity index is 1.97. The molecule has 2 saturated heterocycles. The zero-order chi connectivity index (χ0) is 14.0. The first-order valence-electron chi connectivity index (χ1n) is 6.25. The van der Waals surface area contributed by atoms with Crippen LogP contribution < -0.4 is 0 Å². The van der Waals surface area contributed by atoms with Gasteiger partial charge >= 0.3 is 0 Å². The van der Waals surface area contributed by atoms with E-state index in [1.807, 2.05) is 4.90 Å². The van der Waals surface area contributed by atoms with Gasteiger partial charge in [0, 0.05) is 26.2 Å². The van der Waals surface area contributed by atoms with E-state index in [4.69, 9.17) is 17.0 Å². The van der Waals surface area contributed by atoms with E-state index in [9.17, 15) is 13.2 Å². The van der Waals surface area contributed by atoms with Gasteiger partial charge in [-0.25, -0.2) is 8.42 Å². The molecule has 2 fully saturated rings. The van der Waals surface area contributed by atoms with Gasteiger partial charge in [-0.3, -0.25) is 4.79 Å². The molecule has 108 valence electrons. The van der Waals surface area contributed by atoms with E-state index in [1.54, 1.807) is 7.05 Å². The molecule has 8 heteroatoms. The van der Waals surface area contributed by atoms with Crippen LogP contribution >= 0.6 is 12.2 Å². The fraction of sp³-hybridized carbons (Fsp3) is 0.818. The van der Waals surface area contributed by atoms with Crippen LogP contribution in [-0.4, -0.2) is 80.0 Å². The third kappa shape index (κ3) is 3.43. The number of ether oxygens (including phenoxy) is 1. The van der Waals surface area contributed by atoms with E-state index < -0.39 is 9.84 Å². The van der Waals surface area contributed by atoms with Crippen LogP contribution in [0, 0.1) is 0 Å². The van der Waals surface area contributed by atoms with Gasteiger partial charge in [-0.05, 0) is 6.42 Å². The Bertz CT molecular complexity index is 471. The smallest absolute Gasteiger partial charge is 0.281 e. The van der Waals surface area contributed by atoms with Gasteiger partial charge in [0.05, 0.1) is 24.7 Å². The SMILES string of the molecule is CN(C(=O)C(=S)N1CCOCC1)C1CCS(=O)(=O)C1. The average molecular weight is 306 g/mol. The zero-order valence-electron chi connectivity index (χ0n) is 10.9. The largest absolute Gasteiger partial charge is 0.378 e. The Labute approximate surface area is 118 Å². The number of thiocarbonyl (C=S) groups is 1. The summed E-state index contributed by atoms with van der Waals surface area (Å²) >= 11 is 5.20. The molecule has 0 spiro atoms. The molecule has 19 heavy (non-hydrogen) atoms. The second-order valence-corrected chi connectivity index (χ2v) is 7.49. The van der Waals surface area contributed by atoms with Crippen molar-refractivity contribution in [3.8, 4) is 0 Å². The average Bonchev–Trinajstić information content (AvgIpc) is 2.77. The van der Waals surface area contributed by atoms with Gasteiger partial charge in [0.1, 0.15) is 0 Å². The standard InChI is InChI=1S/C11H18N2O4S2/c1-12(9-2-7-19(15,16)8-9)10(14)11(18)13-3-5-17-6-4-13/h9H,2-8H2,1H3. The Kier molecular flexibility index (Phi) is 4.42. The Hall–Kier alpha value is -0.730. The van der Waals surface area contributed by atoms with Gasteiger partial charge in [0.25, 0.3) is 5.91 Å². The van der Waals surface area contributed by atoms with E-state index in [1.165, 1.54) is 4.90 Å². The number of amides is 1. The number of sulfone groups is 1. The number of nitrogens with zero attached hydrogens (tertiary/aromatic N) is 2. The lowest BCUT2D eigenvalue weighted by atomic mass is 10.2. The summed E-state index contributed by atoms with van der Waals surface area (Å²) in [5.41, 5.74) is 0. The van der Waals surface area contributed by atoms with Crippen LogP contribution in [0.4, 0.5) is 0 Å². The zero-order valence-corrected chi connectivity index (χ0v) is 12.5. The summed E-state index contributed by atoms with van der Waals surface area (Å²) in [4.78, 5) is 15.8. The van der Waals surface area contributed by atoms with Crippen LogP contribution in [0.3, 0.4) is 0 Å². The maximum Gasteiger partial charge on any atom is 0.281 e. The summed E-state index contributed by atoms with van der Waals surface area (Å²) in [6.07, 6.45) is 0.496. The molecular weight excluding hydrogens is 288 g/mol. The minimum absolute atomic E-state index is 0.0426. The van der Waals surface area contributed by atoms with Crippen molar-refractivity contribution in [2.45, 2.75) is 12.5 Å². The first-order valence-corrected chi connectivity index (χ1v) is 8.48. The molecule has 0 saturated carbocycles. The molecule has 2 rings (SSSR count). The summed E-state index contributed by atoms with van der Waals surface area (Å²) in [7, 11) is -1.37. The first-order chi connectivity index (χ1) is 8.91. The van der Waals surface area contributed by atoms with E-state index >= 15 is 0 Å². The highest BCUT2D eigenvalue weighted by molar-refractivity contribution is 7.91. The third-order valence-electron chi connectivity index (χ3n) is 3.56. The lowest BCUT2D eigenvalue weighted by Crippen LogP contribution is -2.50. The van der Waals surface area contributed by atoms with E-state index in [2.05, 4.69) is 0 Å². The Morgan fingerprint density at radius 1 is 1.37 bits per heavy atom. The number of morpholine rings is 1. The van der Waals surface area contributed by atoms with Gasteiger partial charge in [-0.15, -0.1) is 0 Å². The Morgan fingerprint density at radius 2 is 2.00 bits per heavy atom. The third-order valence-corrected chi connectivity index (χ3v) is 5.74. The number of hydrogen-bond acceptors (Lipinski definition) is 5. The molecule has 2 heterocycles.